The van der Waals surface area contributed by atoms with E-state index in [2.05, 4.69) is 50.6 Å². The number of phenolic OH excluding ortho intramolecular Hbond substituents is 1. The number of nitrogens with two attached hydrogens (primary N) is 1. The highest BCUT2D eigenvalue weighted by Gasteiger charge is 2.03. The molecular formula is C6H6I2N2O. The Morgan fingerprint density at radius 2 is 1.91 bits per heavy atom. The predicted octanol–water partition coefficient (Wildman–Crippen LogP) is 1.89. The fraction of sp³-hybridized carbons (Fsp3) is 0. The van der Waals surface area contributed by atoms with Gasteiger partial charge in [-0.2, -0.15) is 0 Å². The third kappa shape index (κ3) is 2.09. The Balaban J connectivity index is 3.21. The number of nitrogen functional groups attached to an aromatic ring is 1. The first-order valence-electron chi connectivity index (χ1n) is 2.79. The molecule has 0 radical (unpaired) electrons. The Bertz CT molecular complexity index is 278. The van der Waals surface area contributed by atoms with Crippen molar-refractivity contribution in [2.24, 2.45) is 5.84 Å². The van der Waals surface area contributed by atoms with Gasteiger partial charge in [-0.05, 0) is 51.2 Å². The SMILES string of the molecule is NNc1cc(O)c(I)cc1I. The second kappa shape index (κ2) is 3.76. The summed E-state index contributed by atoms with van der Waals surface area (Å²) >= 11 is 4.20. The maximum absolute atomic E-state index is 9.25. The van der Waals surface area contributed by atoms with Gasteiger partial charge in [0.05, 0.1) is 9.26 Å². The van der Waals surface area contributed by atoms with Crippen LogP contribution in [0.15, 0.2) is 12.1 Å². The van der Waals surface area contributed by atoms with E-state index >= 15 is 0 Å². The molecule has 0 bridgehead atoms. The summed E-state index contributed by atoms with van der Waals surface area (Å²) in [5, 5.41) is 9.25. The number of nitrogens with one attached hydrogen (secondary N) is 1. The molecule has 4 N–H and O–H groups in total. The fourth-order valence-corrected chi connectivity index (χ4v) is 2.33. The first kappa shape index (κ1) is 9.33. The molecule has 0 fully saturated rings. The molecule has 0 atom stereocenters. The monoisotopic (exact) mass is 376 g/mol. The number of halogens is 2. The van der Waals surface area contributed by atoms with Crippen molar-refractivity contribution < 1.29 is 5.11 Å². The van der Waals surface area contributed by atoms with Crippen molar-refractivity contribution in [3.05, 3.63) is 19.3 Å². The van der Waals surface area contributed by atoms with E-state index in [1.54, 1.807) is 6.07 Å². The quantitative estimate of drug-likeness (QED) is 0.399. The third-order valence-corrected chi connectivity index (χ3v) is 2.95. The first-order valence-corrected chi connectivity index (χ1v) is 4.95. The minimum Gasteiger partial charge on any atom is -0.507 e. The van der Waals surface area contributed by atoms with Gasteiger partial charge in [0.25, 0.3) is 0 Å². The van der Waals surface area contributed by atoms with E-state index in [4.69, 9.17) is 5.84 Å². The van der Waals surface area contributed by atoms with Gasteiger partial charge in [-0.1, -0.05) is 0 Å². The fourth-order valence-electron chi connectivity index (χ4n) is 0.648. The summed E-state index contributed by atoms with van der Waals surface area (Å²) in [5.41, 5.74) is 3.23. The van der Waals surface area contributed by atoms with E-state index < -0.39 is 0 Å². The maximum Gasteiger partial charge on any atom is 0.131 e. The Labute approximate surface area is 91.6 Å². The average molecular weight is 376 g/mol. The first-order chi connectivity index (χ1) is 5.15. The number of anilines is 1. The summed E-state index contributed by atoms with van der Waals surface area (Å²) < 4.78 is 1.82. The van der Waals surface area contributed by atoms with Crippen LogP contribution in [0.4, 0.5) is 5.69 Å². The summed E-state index contributed by atoms with van der Waals surface area (Å²) in [6.45, 7) is 0. The number of benzene rings is 1. The lowest BCUT2D eigenvalue weighted by Gasteiger charge is -2.04. The van der Waals surface area contributed by atoms with Crippen LogP contribution in [-0.2, 0) is 0 Å². The van der Waals surface area contributed by atoms with Crippen molar-refractivity contribution in [1.29, 1.82) is 0 Å². The standard InChI is InChI=1S/C6H6I2N2O/c7-3-1-4(8)6(11)2-5(3)10-9/h1-2,10-11H,9H2. The molecule has 1 rings (SSSR count). The highest BCUT2D eigenvalue weighted by molar-refractivity contribution is 14.1. The van der Waals surface area contributed by atoms with Crippen LogP contribution >= 0.6 is 45.2 Å². The molecule has 0 unspecified atom stereocenters. The van der Waals surface area contributed by atoms with Gasteiger partial charge in [0.1, 0.15) is 5.75 Å². The largest absolute Gasteiger partial charge is 0.507 e. The molecule has 3 nitrogen and oxygen atoms in total. The van der Waals surface area contributed by atoms with Gasteiger partial charge in [0.2, 0.25) is 0 Å². The van der Waals surface area contributed by atoms with Gasteiger partial charge in [-0.3, -0.25) is 5.84 Å². The molecule has 0 saturated carbocycles. The molecule has 60 valence electrons. The van der Waals surface area contributed by atoms with Gasteiger partial charge in [0, 0.05) is 9.64 Å². The number of hydrogen-bond donors (Lipinski definition) is 3. The molecule has 11 heavy (non-hydrogen) atoms. The zero-order chi connectivity index (χ0) is 8.43. The molecule has 1 aromatic carbocycles. The number of phenols is 1. The smallest absolute Gasteiger partial charge is 0.131 e. The number of rotatable bonds is 1. The minimum absolute atomic E-state index is 0.249. The molecule has 1 aromatic rings. The normalized spacial score (nSPS) is 9.73. The van der Waals surface area contributed by atoms with Crippen molar-refractivity contribution in [3.8, 4) is 5.75 Å². The lowest BCUT2D eigenvalue weighted by atomic mass is 10.3. The second-order valence-electron chi connectivity index (χ2n) is 1.93. The van der Waals surface area contributed by atoms with E-state index in [0.717, 1.165) is 12.8 Å². The highest BCUT2D eigenvalue weighted by atomic mass is 127. The molecule has 0 aliphatic rings. The van der Waals surface area contributed by atoms with Crippen molar-refractivity contribution in [2.45, 2.75) is 0 Å². The van der Waals surface area contributed by atoms with Gasteiger partial charge in [-0.25, -0.2) is 0 Å². The van der Waals surface area contributed by atoms with Gasteiger partial charge in [0.15, 0.2) is 0 Å². The van der Waals surface area contributed by atoms with E-state index in [1.807, 2.05) is 6.07 Å². The van der Waals surface area contributed by atoms with Crippen molar-refractivity contribution >= 4 is 50.9 Å². The van der Waals surface area contributed by atoms with Crippen LogP contribution in [-0.4, -0.2) is 5.11 Å². The van der Waals surface area contributed by atoms with Crippen LogP contribution in [0.2, 0.25) is 0 Å². The molecular weight excluding hydrogens is 370 g/mol. The van der Waals surface area contributed by atoms with Gasteiger partial charge in [-0.15, -0.1) is 0 Å². The third-order valence-electron chi connectivity index (χ3n) is 1.19. The van der Waals surface area contributed by atoms with Gasteiger partial charge >= 0.3 is 0 Å². The summed E-state index contributed by atoms with van der Waals surface area (Å²) in [6, 6.07) is 3.45. The molecule has 0 amide bonds. The number of hydrogen-bond acceptors (Lipinski definition) is 3. The van der Waals surface area contributed by atoms with E-state index in [0.29, 0.717) is 0 Å². The maximum atomic E-state index is 9.25. The Hall–Kier alpha value is 0.240. The van der Waals surface area contributed by atoms with Crippen molar-refractivity contribution in [2.75, 3.05) is 5.43 Å². The summed E-state index contributed by atoms with van der Waals surface area (Å²) in [7, 11) is 0. The van der Waals surface area contributed by atoms with Crippen LogP contribution < -0.4 is 11.3 Å². The number of aromatic hydroxyl groups is 1. The van der Waals surface area contributed by atoms with E-state index in [-0.39, 0.29) is 5.75 Å². The van der Waals surface area contributed by atoms with Crippen LogP contribution in [0.1, 0.15) is 0 Å². The van der Waals surface area contributed by atoms with E-state index in [9.17, 15) is 5.11 Å². The number of hydrazine groups is 1. The summed E-state index contributed by atoms with van der Waals surface area (Å²) in [5.74, 6) is 5.45. The minimum atomic E-state index is 0.249. The average Bonchev–Trinajstić information content (AvgIpc) is 1.97. The van der Waals surface area contributed by atoms with Crippen LogP contribution in [0.25, 0.3) is 0 Å². The van der Waals surface area contributed by atoms with Crippen LogP contribution in [0.5, 0.6) is 5.75 Å². The molecule has 0 aliphatic heterocycles. The lowest BCUT2D eigenvalue weighted by Crippen LogP contribution is -2.08. The van der Waals surface area contributed by atoms with E-state index in [1.165, 1.54) is 0 Å². The Morgan fingerprint density at radius 1 is 1.27 bits per heavy atom. The van der Waals surface area contributed by atoms with Crippen molar-refractivity contribution in [1.82, 2.24) is 0 Å². The summed E-state index contributed by atoms with van der Waals surface area (Å²) in [4.78, 5) is 0. The molecule has 0 saturated heterocycles. The van der Waals surface area contributed by atoms with Crippen LogP contribution in [0, 0.1) is 7.14 Å². The molecule has 5 heteroatoms. The topological polar surface area (TPSA) is 58.3 Å². The Kier molecular flexibility index (Phi) is 3.19. The molecule has 0 aromatic heterocycles. The predicted molar refractivity (Wildman–Crippen MR) is 61.4 cm³/mol. The molecule has 0 heterocycles. The van der Waals surface area contributed by atoms with Crippen molar-refractivity contribution in [3.63, 3.8) is 0 Å². The molecule has 0 spiro atoms. The summed E-state index contributed by atoms with van der Waals surface area (Å²) in [6.07, 6.45) is 0. The zero-order valence-corrected chi connectivity index (χ0v) is 9.75. The second-order valence-corrected chi connectivity index (χ2v) is 4.25. The lowest BCUT2D eigenvalue weighted by molar-refractivity contribution is 0.471. The molecule has 0 aliphatic carbocycles. The van der Waals surface area contributed by atoms with Gasteiger partial charge < -0.3 is 10.5 Å². The highest BCUT2D eigenvalue weighted by Crippen LogP contribution is 2.27. The van der Waals surface area contributed by atoms with Crippen LogP contribution in [0.3, 0.4) is 0 Å². The Morgan fingerprint density at radius 3 is 2.45 bits per heavy atom. The zero-order valence-electron chi connectivity index (χ0n) is 5.44.